The Hall–Kier alpha value is -1.22. The minimum Gasteiger partial charge on any atom is -0.493 e. The van der Waals surface area contributed by atoms with Gasteiger partial charge in [-0.25, -0.2) is 0 Å². The Bertz CT molecular complexity index is 406. The number of ether oxygens (including phenoxy) is 2. The molecule has 1 fully saturated rings. The normalized spacial score (nSPS) is 21.2. The van der Waals surface area contributed by atoms with E-state index in [1.165, 1.54) is 24.8 Å². The lowest BCUT2D eigenvalue weighted by molar-refractivity contribution is 0.308. The molecule has 1 aliphatic carbocycles. The fourth-order valence-corrected chi connectivity index (χ4v) is 2.63. The van der Waals surface area contributed by atoms with E-state index >= 15 is 0 Å². The highest BCUT2D eigenvalue weighted by Gasteiger charge is 2.35. The number of methoxy groups -OCH3 is 1. The lowest BCUT2D eigenvalue weighted by Crippen LogP contribution is -2.18. The maximum absolute atomic E-state index is 5.60. The minimum absolute atomic E-state index is 0.661. The third-order valence-electron chi connectivity index (χ3n) is 3.70. The lowest BCUT2D eigenvalue weighted by Gasteiger charge is -2.14. The SMILES string of the molecule is CCCC1CC1NCc1cccc(OCC)c1OC. The molecule has 0 radical (unpaired) electrons. The lowest BCUT2D eigenvalue weighted by atomic mass is 10.1. The van der Waals surface area contributed by atoms with E-state index in [1.54, 1.807) is 7.11 Å². The van der Waals surface area contributed by atoms with Gasteiger partial charge >= 0.3 is 0 Å². The van der Waals surface area contributed by atoms with Crippen LogP contribution in [0.5, 0.6) is 11.5 Å². The number of benzene rings is 1. The molecule has 0 aromatic heterocycles. The molecule has 2 unspecified atom stereocenters. The first kappa shape index (κ1) is 14.2. The average molecular weight is 263 g/mol. The summed E-state index contributed by atoms with van der Waals surface area (Å²) >= 11 is 0. The summed E-state index contributed by atoms with van der Waals surface area (Å²) in [6, 6.07) is 6.79. The first-order valence-electron chi connectivity index (χ1n) is 7.32. The zero-order chi connectivity index (χ0) is 13.7. The molecule has 0 amide bonds. The molecule has 1 N–H and O–H groups in total. The van der Waals surface area contributed by atoms with Gasteiger partial charge in [-0.2, -0.15) is 0 Å². The molecular formula is C16H25NO2. The molecule has 106 valence electrons. The van der Waals surface area contributed by atoms with Gasteiger partial charge in [0, 0.05) is 18.2 Å². The Morgan fingerprint density at radius 2 is 2.16 bits per heavy atom. The van der Waals surface area contributed by atoms with Gasteiger partial charge in [0.25, 0.3) is 0 Å². The Morgan fingerprint density at radius 3 is 2.84 bits per heavy atom. The zero-order valence-electron chi connectivity index (χ0n) is 12.2. The highest BCUT2D eigenvalue weighted by molar-refractivity contribution is 5.46. The molecule has 1 saturated carbocycles. The molecular weight excluding hydrogens is 238 g/mol. The van der Waals surface area contributed by atoms with Gasteiger partial charge in [0.05, 0.1) is 13.7 Å². The van der Waals surface area contributed by atoms with Gasteiger partial charge < -0.3 is 14.8 Å². The summed E-state index contributed by atoms with van der Waals surface area (Å²) in [5.74, 6) is 2.58. The number of hydrogen-bond acceptors (Lipinski definition) is 3. The van der Waals surface area contributed by atoms with Crippen LogP contribution >= 0.6 is 0 Å². The molecule has 0 aliphatic heterocycles. The van der Waals surface area contributed by atoms with Crippen LogP contribution in [0.4, 0.5) is 0 Å². The van der Waals surface area contributed by atoms with Crippen molar-refractivity contribution in [3.8, 4) is 11.5 Å². The van der Waals surface area contributed by atoms with Crippen LogP contribution in [-0.2, 0) is 6.54 Å². The number of hydrogen-bond donors (Lipinski definition) is 1. The minimum atomic E-state index is 0.661. The summed E-state index contributed by atoms with van der Waals surface area (Å²) < 4.78 is 11.1. The summed E-state index contributed by atoms with van der Waals surface area (Å²) in [5.41, 5.74) is 1.18. The van der Waals surface area contributed by atoms with E-state index < -0.39 is 0 Å². The Morgan fingerprint density at radius 1 is 1.32 bits per heavy atom. The van der Waals surface area contributed by atoms with Gasteiger partial charge in [0.1, 0.15) is 0 Å². The van der Waals surface area contributed by atoms with E-state index in [1.807, 2.05) is 19.1 Å². The van der Waals surface area contributed by atoms with Crippen LogP contribution in [0.3, 0.4) is 0 Å². The Labute approximate surface area is 116 Å². The van der Waals surface area contributed by atoms with Crippen molar-refractivity contribution in [2.45, 2.75) is 45.7 Å². The van der Waals surface area contributed by atoms with Crippen LogP contribution < -0.4 is 14.8 Å². The van der Waals surface area contributed by atoms with Crippen molar-refractivity contribution in [3.05, 3.63) is 23.8 Å². The van der Waals surface area contributed by atoms with Crippen molar-refractivity contribution in [1.29, 1.82) is 0 Å². The predicted molar refractivity (Wildman–Crippen MR) is 77.8 cm³/mol. The van der Waals surface area contributed by atoms with E-state index in [9.17, 15) is 0 Å². The molecule has 1 aliphatic rings. The second-order valence-electron chi connectivity index (χ2n) is 5.15. The van der Waals surface area contributed by atoms with Crippen molar-refractivity contribution in [2.75, 3.05) is 13.7 Å². The summed E-state index contributed by atoms with van der Waals surface area (Å²) in [7, 11) is 1.71. The van der Waals surface area contributed by atoms with Gasteiger partial charge in [-0.15, -0.1) is 0 Å². The van der Waals surface area contributed by atoms with Crippen LogP contribution in [0.1, 0.15) is 38.7 Å². The van der Waals surface area contributed by atoms with E-state index in [0.717, 1.165) is 24.0 Å². The molecule has 0 heterocycles. The van der Waals surface area contributed by atoms with E-state index in [0.29, 0.717) is 12.6 Å². The van der Waals surface area contributed by atoms with Crippen LogP contribution in [0.25, 0.3) is 0 Å². The molecule has 0 bridgehead atoms. The topological polar surface area (TPSA) is 30.5 Å². The summed E-state index contributed by atoms with van der Waals surface area (Å²) in [6.45, 7) is 5.76. The summed E-state index contributed by atoms with van der Waals surface area (Å²) in [5, 5.41) is 3.62. The van der Waals surface area contributed by atoms with E-state index in [-0.39, 0.29) is 0 Å². The summed E-state index contributed by atoms with van der Waals surface area (Å²) in [6.07, 6.45) is 3.95. The molecule has 3 heteroatoms. The third-order valence-corrected chi connectivity index (χ3v) is 3.70. The number of rotatable bonds is 8. The van der Waals surface area contributed by atoms with Crippen LogP contribution in [-0.4, -0.2) is 19.8 Å². The average Bonchev–Trinajstić information content (AvgIpc) is 3.16. The van der Waals surface area contributed by atoms with Gasteiger partial charge in [0.15, 0.2) is 11.5 Å². The molecule has 2 atom stereocenters. The molecule has 3 nitrogen and oxygen atoms in total. The standard InChI is InChI=1S/C16H25NO2/c1-4-7-12-10-14(12)17-11-13-8-6-9-15(19-5-2)16(13)18-3/h6,8-9,12,14,17H,4-5,7,10-11H2,1-3H3. The van der Waals surface area contributed by atoms with Crippen LogP contribution in [0, 0.1) is 5.92 Å². The molecule has 0 spiro atoms. The first-order chi connectivity index (χ1) is 9.30. The van der Waals surface area contributed by atoms with Gasteiger partial charge in [-0.3, -0.25) is 0 Å². The van der Waals surface area contributed by atoms with Crippen LogP contribution in [0.15, 0.2) is 18.2 Å². The fraction of sp³-hybridized carbons (Fsp3) is 0.625. The monoisotopic (exact) mass is 263 g/mol. The van der Waals surface area contributed by atoms with E-state index in [2.05, 4.69) is 18.3 Å². The van der Waals surface area contributed by atoms with Crippen molar-refractivity contribution in [2.24, 2.45) is 5.92 Å². The van der Waals surface area contributed by atoms with Crippen LogP contribution in [0.2, 0.25) is 0 Å². The molecule has 19 heavy (non-hydrogen) atoms. The largest absolute Gasteiger partial charge is 0.493 e. The highest BCUT2D eigenvalue weighted by Crippen LogP contribution is 2.36. The quantitative estimate of drug-likeness (QED) is 0.780. The third kappa shape index (κ3) is 3.63. The number of nitrogens with one attached hydrogen (secondary N) is 1. The molecule has 1 aromatic rings. The smallest absolute Gasteiger partial charge is 0.165 e. The van der Waals surface area contributed by atoms with Crippen molar-refractivity contribution < 1.29 is 9.47 Å². The second-order valence-corrected chi connectivity index (χ2v) is 5.15. The highest BCUT2D eigenvalue weighted by atomic mass is 16.5. The van der Waals surface area contributed by atoms with E-state index in [4.69, 9.17) is 9.47 Å². The summed E-state index contributed by atoms with van der Waals surface area (Å²) in [4.78, 5) is 0. The van der Waals surface area contributed by atoms with Crippen molar-refractivity contribution in [3.63, 3.8) is 0 Å². The second kappa shape index (κ2) is 6.80. The Balaban J connectivity index is 1.94. The van der Waals surface area contributed by atoms with Gasteiger partial charge in [0.2, 0.25) is 0 Å². The van der Waals surface area contributed by atoms with Crippen molar-refractivity contribution in [1.82, 2.24) is 5.32 Å². The molecule has 0 saturated heterocycles. The first-order valence-corrected chi connectivity index (χ1v) is 7.32. The number of para-hydroxylation sites is 1. The molecule has 2 rings (SSSR count). The predicted octanol–water partition coefficient (Wildman–Crippen LogP) is 3.37. The van der Waals surface area contributed by atoms with Gasteiger partial charge in [-0.05, 0) is 31.7 Å². The van der Waals surface area contributed by atoms with Crippen molar-refractivity contribution >= 4 is 0 Å². The maximum Gasteiger partial charge on any atom is 0.165 e. The zero-order valence-corrected chi connectivity index (χ0v) is 12.2. The van der Waals surface area contributed by atoms with Gasteiger partial charge in [-0.1, -0.05) is 25.5 Å². The fourth-order valence-electron chi connectivity index (χ4n) is 2.63. The Kier molecular flexibility index (Phi) is 5.08. The maximum atomic E-state index is 5.60. The molecule has 1 aromatic carbocycles.